The second-order valence-electron chi connectivity index (χ2n) is 4.45. The summed E-state index contributed by atoms with van der Waals surface area (Å²) in [5.41, 5.74) is 0.468. The fraction of sp³-hybridized carbons (Fsp3) is 0.750. The molecule has 0 aliphatic heterocycles. The van der Waals surface area contributed by atoms with E-state index in [1.54, 1.807) is 13.8 Å². The third-order valence-corrected chi connectivity index (χ3v) is 3.16. The van der Waals surface area contributed by atoms with Crippen molar-refractivity contribution >= 4 is 5.97 Å². The van der Waals surface area contributed by atoms with Crippen LogP contribution in [0.4, 0.5) is 0 Å². The zero-order valence-corrected chi connectivity index (χ0v) is 9.75. The third kappa shape index (κ3) is 2.59. The molecule has 0 fully saturated rings. The maximum Gasteiger partial charge on any atom is 0.314 e. The van der Waals surface area contributed by atoms with E-state index in [-0.39, 0.29) is 5.97 Å². The summed E-state index contributed by atoms with van der Waals surface area (Å²) in [4.78, 5) is 11.8. The molecule has 0 heterocycles. The van der Waals surface area contributed by atoms with Gasteiger partial charge in [-0.3, -0.25) is 4.79 Å². The zero-order chi connectivity index (χ0) is 11.5. The molecule has 0 aromatic rings. The van der Waals surface area contributed by atoms with Crippen molar-refractivity contribution in [3.8, 4) is 0 Å². The van der Waals surface area contributed by atoms with Gasteiger partial charge in [-0.2, -0.15) is 0 Å². The van der Waals surface area contributed by atoms with E-state index in [1.807, 2.05) is 13.0 Å². The van der Waals surface area contributed by atoms with Crippen LogP contribution >= 0.6 is 0 Å². The Bertz CT molecular complexity index is 270. The predicted octanol–water partition coefficient (Wildman–Crippen LogP) is 2.05. The average molecular weight is 212 g/mol. The van der Waals surface area contributed by atoms with Gasteiger partial charge in [0.05, 0.1) is 18.1 Å². The molecule has 0 saturated heterocycles. The highest BCUT2D eigenvalue weighted by Crippen LogP contribution is 2.35. The van der Waals surface area contributed by atoms with Crippen LogP contribution in [0.1, 0.15) is 40.0 Å². The summed E-state index contributed by atoms with van der Waals surface area (Å²) in [5, 5.41) is 9.99. The van der Waals surface area contributed by atoms with Crippen molar-refractivity contribution in [2.24, 2.45) is 5.41 Å². The van der Waals surface area contributed by atoms with E-state index in [9.17, 15) is 9.90 Å². The van der Waals surface area contributed by atoms with E-state index in [0.29, 0.717) is 19.4 Å². The lowest BCUT2D eigenvalue weighted by atomic mass is 9.80. The lowest BCUT2D eigenvalue weighted by Crippen LogP contribution is -2.40. The first kappa shape index (κ1) is 12.2. The molecule has 0 bridgehead atoms. The minimum absolute atomic E-state index is 0.288. The summed E-state index contributed by atoms with van der Waals surface area (Å²) in [6.45, 7) is 5.96. The Morgan fingerprint density at radius 1 is 1.73 bits per heavy atom. The molecule has 1 aliphatic rings. The van der Waals surface area contributed by atoms with Crippen molar-refractivity contribution < 1.29 is 14.6 Å². The van der Waals surface area contributed by atoms with Gasteiger partial charge in [0, 0.05) is 0 Å². The quantitative estimate of drug-likeness (QED) is 0.563. The summed E-state index contributed by atoms with van der Waals surface area (Å²) in [5.74, 6) is -0.288. The Kier molecular flexibility index (Phi) is 3.91. The van der Waals surface area contributed by atoms with Gasteiger partial charge in [-0.25, -0.2) is 0 Å². The number of allylic oxidation sites excluding steroid dienone is 2. The van der Waals surface area contributed by atoms with Crippen LogP contribution in [0.25, 0.3) is 0 Å². The molecular weight excluding hydrogens is 192 g/mol. The molecule has 15 heavy (non-hydrogen) atoms. The number of hydrogen-bond acceptors (Lipinski definition) is 3. The first-order chi connectivity index (χ1) is 7.00. The third-order valence-electron chi connectivity index (χ3n) is 3.16. The lowest BCUT2D eigenvalue weighted by Gasteiger charge is -2.29. The monoisotopic (exact) mass is 212 g/mol. The highest BCUT2D eigenvalue weighted by Gasteiger charge is 2.41. The van der Waals surface area contributed by atoms with Gasteiger partial charge in [-0.15, -0.1) is 0 Å². The van der Waals surface area contributed by atoms with Crippen molar-refractivity contribution in [3.05, 3.63) is 11.6 Å². The Labute approximate surface area is 91.1 Å². The standard InChI is InChI=1S/C12H20O3/c1-4-15-11(14)12(3)8-7-9(2)5-6-10(12)13/h7,10,13H,4-6,8H2,1-3H3. The van der Waals surface area contributed by atoms with Crippen LogP contribution in [-0.2, 0) is 9.53 Å². The van der Waals surface area contributed by atoms with Gasteiger partial charge >= 0.3 is 5.97 Å². The molecule has 1 rings (SSSR count). The molecule has 3 nitrogen and oxygen atoms in total. The molecule has 1 N–H and O–H groups in total. The van der Waals surface area contributed by atoms with Gasteiger partial charge in [0.15, 0.2) is 0 Å². The molecule has 0 spiro atoms. The number of ether oxygens (including phenoxy) is 1. The van der Waals surface area contributed by atoms with Gasteiger partial charge in [0.1, 0.15) is 0 Å². The molecule has 3 heteroatoms. The van der Waals surface area contributed by atoms with E-state index in [2.05, 4.69) is 0 Å². The lowest BCUT2D eigenvalue weighted by molar-refractivity contribution is -0.161. The van der Waals surface area contributed by atoms with Crippen LogP contribution in [0.5, 0.6) is 0 Å². The Morgan fingerprint density at radius 2 is 2.40 bits per heavy atom. The molecule has 0 aromatic carbocycles. The highest BCUT2D eigenvalue weighted by molar-refractivity contribution is 5.77. The SMILES string of the molecule is CCOC(=O)C1(C)CC=C(C)CCC1O. The fourth-order valence-corrected chi connectivity index (χ4v) is 1.82. The molecule has 0 radical (unpaired) electrons. The van der Waals surface area contributed by atoms with Crippen molar-refractivity contribution in [2.45, 2.75) is 46.1 Å². The molecule has 86 valence electrons. The summed E-state index contributed by atoms with van der Waals surface area (Å²) < 4.78 is 5.02. The Hall–Kier alpha value is -0.830. The predicted molar refractivity (Wildman–Crippen MR) is 58.4 cm³/mol. The second kappa shape index (κ2) is 4.79. The fourth-order valence-electron chi connectivity index (χ4n) is 1.82. The van der Waals surface area contributed by atoms with Crippen molar-refractivity contribution in [2.75, 3.05) is 6.61 Å². The maximum atomic E-state index is 11.8. The molecule has 2 unspecified atom stereocenters. The van der Waals surface area contributed by atoms with Crippen LogP contribution < -0.4 is 0 Å². The largest absolute Gasteiger partial charge is 0.465 e. The summed E-state index contributed by atoms with van der Waals surface area (Å²) in [6, 6.07) is 0. The van der Waals surface area contributed by atoms with Gasteiger partial charge in [-0.1, -0.05) is 11.6 Å². The number of carbonyl (C=O) groups is 1. The highest BCUT2D eigenvalue weighted by atomic mass is 16.5. The summed E-state index contributed by atoms with van der Waals surface area (Å²) in [6.07, 6.45) is 3.49. The number of esters is 1. The molecule has 1 aliphatic carbocycles. The number of rotatable bonds is 2. The van der Waals surface area contributed by atoms with E-state index in [1.165, 1.54) is 5.57 Å². The summed E-state index contributed by atoms with van der Waals surface area (Å²) >= 11 is 0. The number of carbonyl (C=O) groups excluding carboxylic acids is 1. The van der Waals surface area contributed by atoms with Crippen LogP contribution in [0.2, 0.25) is 0 Å². The summed E-state index contributed by atoms with van der Waals surface area (Å²) in [7, 11) is 0. The topological polar surface area (TPSA) is 46.5 Å². The first-order valence-electron chi connectivity index (χ1n) is 5.51. The normalized spacial score (nSPS) is 31.7. The molecule has 0 aromatic heterocycles. The van der Waals surface area contributed by atoms with Crippen LogP contribution in [0.3, 0.4) is 0 Å². The van der Waals surface area contributed by atoms with E-state index < -0.39 is 11.5 Å². The number of aliphatic hydroxyl groups excluding tert-OH is 1. The van der Waals surface area contributed by atoms with Crippen LogP contribution in [0.15, 0.2) is 11.6 Å². The molecule has 0 saturated carbocycles. The number of hydrogen-bond donors (Lipinski definition) is 1. The smallest absolute Gasteiger partial charge is 0.314 e. The first-order valence-corrected chi connectivity index (χ1v) is 5.51. The second-order valence-corrected chi connectivity index (χ2v) is 4.45. The van der Waals surface area contributed by atoms with E-state index >= 15 is 0 Å². The van der Waals surface area contributed by atoms with Gasteiger partial charge in [0.25, 0.3) is 0 Å². The number of aliphatic hydroxyl groups is 1. The van der Waals surface area contributed by atoms with E-state index in [4.69, 9.17) is 4.74 Å². The maximum absolute atomic E-state index is 11.8. The molecule has 0 amide bonds. The average Bonchev–Trinajstić information content (AvgIpc) is 2.33. The Morgan fingerprint density at radius 3 is 3.00 bits per heavy atom. The van der Waals surface area contributed by atoms with Crippen molar-refractivity contribution in [3.63, 3.8) is 0 Å². The van der Waals surface area contributed by atoms with Crippen LogP contribution in [0, 0.1) is 5.41 Å². The van der Waals surface area contributed by atoms with E-state index in [0.717, 1.165) is 6.42 Å². The molecular formula is C12H20O3. The van der Waals surface area contributed by atoms with Crippen LogP contribution in [-0.4, -0.2) is 23.8 Å². The Balaban J connectivity index is 2.83. The zero-order valence-electron chi connectivity index (χ0n) is 9.75. The van der Waals surface area contributed by atoms with Gasteiger partial charge in [0.2, 0.25) is 0 Å². The van der Waals surface area contributed by atoms with Crippen molar-refractivity contribution in [1.82, 2.24) is 0 Å². The van der Waals surface area contributed by atoms with Gasteiger partial charge < -0.3 is 9.84 Å². The van der Waals surface area contributed by atoms with Crippen molar-refractivity contribution in [1.29, 1.82) is 0 Å². The molecule has 2 atom stereocenters. The minimum Gasteiger partial charge on any atom is -0.465 e. The minimum atomic E-state index is -0.770. The van der Waals surface area contributed by atoms with Gasteiger partial charge in [-0.05, 0) is 40.0 Å².